The zero-order valence-corrected chi connectivity index (χ0v) is 28.7. The molecule has 1 aliphatic carbocycles. The van der Waals surface area contributed by atoms with Crippen LogP contribution in [0.15, 0.2) is 35.3 Å². The molecule has 0 bridgehead atoms. The third kappa shape index (κ3) is 8.71. The van der Waals surface area contributed by atoms with E-state index in [1.807, 2.05) is 46.8 Å². The first-order chi connectivity index (χ1) is 22.4. The molecule has 2 aromatic carbocycles. The lowest BCUT2D eigenvalue weighted by molar-refractivity contribution is -0.139. The molecule has 262 valence electrons. The monoisotopic (exact) mass is 675 g/mol. The summed E-state index contributed by atoms with van der Waals surface area (Å²) >= 11 is 0. The minimum absolute atomic E-state index is 0.0140. The normalized spacial score (nSPS) is 15.0. The number of hydrogen-bond acceptors (Lipinski definition) is 4. The van der Waals surface area contributed by atoms with Crippen LogP contribution in [0, 0.1) is 38.3 Å². The summed E-state index contributed by atoms with van der Waals surface area (Å²) in [5.74, 6) is -3.06. The van der Waals surface area contributed by atoms with E-state index >= 15 is 8.78 Å². The van der Waals surface area contributed by atoms with E-state index < -0.39 is 53.4 Å². The highest BCUT2D eigenvalue weighted by Crippen LogP contribution is 2.46. The number of benzene rings is 2. The number of nitrogens with zero attached hydrogens (tertiary/aromatic N) is 2. The zero-order chi connectivity index (χ0) is 35.7. The summed E-state index contributed by atoms with van der Waals surface area (Å²) in [6.45, 7) is 9.62. The highest BCUT2D eigenvalue weighted by Gasteiger charge is 2.36. The van der Waals surface area contributed by atoms with Crippen molar-refractivity contribution in [1.82, 2.24) is 14.8 Å². The van der Waals surface area contributed by atoms with E-state index in [4.69, 9.17) is 0 Å². The molecular formula is C37H46F5N3O3. The molecular weight excluding hydrogens is 629 g/mol. The minimum atomic E-state index is -4.73. The number of nitrogens with one attached hydrogen (secondary N) is 1. The number of aryl methyl sites for hydroxylation is 3. The van der Waals surface area contributed by atoms with Gasteiger partial charge in [0.25, 0.3) is 5.56 Å². The summed E-state index contributed by atoms with van der Waals surface area (Å²) in [4.78, 5) is 27.1. The lowest BCUT2D eigenvalue weighted by Gasteiger charge is -2.28. The number of alkyl halides is 3. The Morgan fingerprint density at radius 2 is 1.67 bits per heavy atom. The molecule has 48 heavy (non-hydrogen) atoms. The maximum absolute atomic E-state index is 16.7. The number of carboxylic acids is 1. The zero-order valence-electron chi connectivity index (χ0n) is 28.7. The molecule has 0 amide bonds. The first-order valence-electron chi connectivity index (χ1n) is 16.4. The predicted molar refractivity (Wildman–Crippen MR) is 177 cm³/mol. The van der Waals surface area contributed by atoms with Gasteiger partial charge in [0.05, 0.1) is 12.0 Å². The molecule has 1 saturated carbocycles. The van der Waals surface area contributed by atoms with Gasteiger partial charge < -0.3 is 19.9 Å². The number of halogens is 5. The molecule has 1 heterocycles. The van der Waals surface area contributed by atoms with Crippen LogP contribution in [-0.4, -0.2) is 47.7 Å². The van der Waals surface area contributed by atoms with E-state index in [1.165, 1.54) is 10.8 Å². The quantitative estimate of drug-likeness (QED) is 0.169. The van der Waals surface area contributed by atoms with Crippen molar-refractivity contribution < 1.29 is 31.9 Å². The molecule has 2 N–H and O–H groups in total. The summed E-state index contributed by atoms with van der Waals surface area (Å²) in [5, 5.41) is 12.9. The van der Waals surface area contributed by atoms with Crippen LogP contribution in [0.25, 0.3) is 11.1 Å². The Morgan fingerprint density at radius 3 is 2.19 bits per heavy atom. The first kappa shape index (κ1) is 37.3. The van der Waals surface area contributed by atoms with Crippen LogP contribution in [-0.2, 0) is 17.4 Å². The molecule has 1 aliphatic rings. The molecule has 0 radical (unpaired) electrons. The second-order valence-electron chi connectivity index (χ2n) is 14.0. The Balaban J connectivity index is 1.82. The van der Waals surface area contributed by atoms with Crippen molar-refractivity contribution in [3.8, 4) is 11.1 Å². The summed E-state index contributed by atoms with van der Waals surface area (Å²) in [5.41, 5.74) is 1.46. The fourth-order valence-corrected chi connectivity index (χ4v) is 6.72. The number of pyridine rings is 1. The molecule has 1 aromatic heterocycles. The largest absolute Gasteiger partial charge is 0.481 e. The fourth-order valence-electron chi connectivity index (χ4n) is 6.72. The van der Waals surface area contributed by atoms with Crippen LogP contribution in [0.4, 0.5) is 22.0 Å². The SMILES string of the molecule is Cc1cc(C)c(-c2cc(C3CC3)c(F)c(C(CC(=O)O)NCC(CC(C)C)n3cc(CCN(C)C)c(C(F)(F)F)cc3=O)c2F)c(C)c1. The lowest BCUT2D eigenvalue weighted by Crippen LogP contribution is -2.37. The van der Waals surface area contributed by atoms with E-state index in [1.54, 1.807) is 25.1 Å². The number of aromatic nitrogens is 1. The van der Waals surface area contributed by atoms with Gasteiger partial charge in [0.15, 0.2) is 0 Å². The topological polar surface area (TPSA) is 74.6 Å². The van der Waals surface area contributed by atoms with E-state index in [2.05, 4.69) is 5.32 Å². The number of likely N-dealkylation sites (N-methyl/N-ethyl adjacent to an activating group) is 1. The highest BCUT2D eigenvalue weighted by atomic mass is 19.4. The van der Waals surface area contributed by atoms with E-state index in [0.29, 0.717) is 30.2 Å². The van der Waals surface area contributed by atoms with Crippen molar-refractivity contribution in [3.05, 3.63) is 91.4 Å². The van der Waals surface area contributed by atoms with Gasteiger partial charge in [-0.2, -0.15) is 13.2 Å². The summed E-state index contributed by atoms with van der Waals surface area (Å²) < 4.78 is 76.1. The Hall–Kier alpha value is -3.57. The number of hydrogen-bond donors (Lipinski definition) is 2. The molecule has 0 spiro atoms. The first-order valence-corrected chi connectivity index (χ1v) is 16.4. The van der Waals surface area contributed by atoms with Crippen LogP contribution in [0.3, 0.4) is 0 Å². The summed E-state index contributed by atoms with van der Waals surface area (Å²) in [6, 6.07) is 3.93. The Bertz CT molecular complexity index is 1690. The van der Waals surface area contributed by atoms with Crippen molar-refractivity contribution in [2.75, 3.05) is 27.2 Å². The molecule has 3 aromatic rings. The standard InChI is InChI=1S/C37H46F5N3O3/c1-20(2)12-26(45-19-25(10-11-44(6)7)29(16-31(45)46)37(40,41)42)18-43-30(17-32(47)48)34-35(38)27(24-8-9-24)15-28(36(34)39)33-22(4)13-21(3)14-23(33)5/h13-16,19-20,24,26,30,43H,8-12,17-18H2,1-7H3,(H,47,48). The van der Waals surface area contributed by atoms with E-state index in [9.17, 15) is 27.9 Å². The van der Waals surface area contributed by atoms with Gasteiger partial charge in [-0.25, -0.2) is 8.78 Å². The molecule has 0 aliphatic heterocycles. The second kappa shape index (κ2) is 14.9. The van der Waals surface area contributed by atoms with E-state index in [-0.39, 0.29) is 41.5 Å². The molecule has 6 nitrogen and oxygen atoms in total. The summed E-state index contributed by atoms with van der Waals surface area (Å²) in [7, 11) is 3.47. The minimum Gasteiger partial charge on any atom is -0.481 e. The van der Waals surface area contributed by atoms with Crippen molar-refractivity contribution in [2.45, 2.75) is 90.9 Å². The van der Waals surface area contributed by atoms with Gasteiger partial charge in [-0.1, -0.05) is 31.5 Å². The average molecular weight is 676 g/mol. The van der Waals surface area contributed by atoms with Crippen molar-refractivity contribution >= 4 is 5.97 Å². The van der Waals surface area contributed by atoms with Crippen molar-refractivity contribution in [3.63, 3.8) is 0 Å². The van der Waals surface area contributed by atoms with Gasteiger partial charge in [0.2, 0.25) is 0 Å². The number of rotatable bonds is 14. The smallest absolute Gasteiger partial charge is 0.416 e. The van der Waals surface area contributed by atoms with Crippen LogP contribution < -0.4 is 10.9 Å². The van der Waals surface area contributed by atoms with Gasteiger partial charge in [0, 0.05) is 48.6 Å². The van der Waals surface area contributed by atoms with Gasteiger partial charge in [-0.15, -0.1) is 0 Å². The van der Waals surface area contributed by atoms with Crippen molar-refractivity contribution in [2.24, 2.45) is 5.92 Å². The van der Waals surface area contributed by atoms with Gasteiger partial charge in [-0.3, -0.25) is 9.59 Å². The molecule has 0 saturated heterocycles. The Labute approximate surface area is 279 Å². The third-order valence-electron chi connectivity index (χ3n) is 8.99. The Morgan fingerprint density at radius 1 is 1.04 bits per heavy atom. The number of carbonyl (C=O) groups is 1. The third-order valence-corrected chi connectivity index (χ3v) is 8.99. The van der Waals surface area contributed by atoms with Crippen LogP contribution in [0.2, 0.25) is 0 Å². The number of aliphatic carboxylic acids is 1. The molecule has 2 unspecified atom stereocenters. The van der Waals surface area contributed by atoms with Crippen LogP contribution in [0.5, 0.6) is 0 Å². The molecule has 4 rings (SSSR count). The maximum atomic E-state index is 16.7. The van der Waals surface area contributed by atoms with Gasteiger partial charge in [-0.05, 0) is 106 Å². The lowest BCUT2D eigenvalue weighted by atomic mass is 9.87. The number of carboxylic acid groups (broad SMARTS) is 1. The van der Waals surface area contributed by atoms with Crippen molar-refractivity contribution in [1.29, 1.82) is 0 Å². The second-order valence-corrected chi connectivity index (χ2v) is 14.0. The van der Waals surface area contributed by atoms with Crippen LogP contribution >= 0.6 is 0 Å². The maximum Gasteiger partial charge on any atom is 0.416 e. The van der Waals surface area contributed by atoms with E-state index in [0.717, 1.165) is 29.5 Å². The summed E-state index contributed by atoms with van der Waals surface area (Å²) in [6.07, 6.45) is -2.32. The average Bonchev–Trinajstić information content (AvgIpc) is 3.79. The molecule has 2 atom stereocenters. The predicted octanol–water partition coefficient (Wildman–Crippen LogP) is 8.11. The van der Waals surface area contributed by atoms with Gasteiger partial charge in [0.1, 0.15) is 11.6 Å². The highest BCUT2D eigenvalue weighted by molar-refractivity contribution is 5.74. The van der Waals surface area contributed by atoms with Gasteiger partial charge >= 0.3 is 12.1 Å². The van der Waals surface area contributed by atoms with Crippen LogP contribution in [0.1, 0.15) is 96.5 Å². The molecule has 1 fully saturated rings. The molecule has 11 heteroatoms. The fraction of sp³-hybridized carbons (Fsp3) is 0.514. The Kier molecular flexibility index (Phi) is 11.6.